The van der Waals surface area contributed by atoms with Crippen molar-refractivity contribution in [2.45, 2.75) is 13.8 Å². The van der Waals surface area contributed by atoms with Gasteiger partial charge in [0.05, 0.1) is 11.1 Å². The number of ketones is 1. The first kappa shape index (κ1) is 16.8. The first-order chi connectivity index (χ1) is 12.0. The molecule has 128 valence electrons. The zero-order chi connectivity index (χ0) is 18.0. The van der Waals surface area contributed by atoms with Crippen LogP contribution in [0.25, 0.3) is 22.8 Å². The predicted molar refractivity (Wildman–Crippen MR) is 91.6 cm³/mol. The molecule has 0 radical (unpaired) electrons. The molecule has 0 aliphatic rings. The number of halogens is 1. The van der Waals surface area contributed by atoms with Crippen LogP contribution < -0.4 is 5.32 Å². The second-order valence-electron chi connectivity index (χ2n) is 5.79. The number of hydrogen-bond acceptors (Lipinski definition) is 6. The number of Topliss-reactive ketones (excluding diaryl/α,β-unsaturated/α-hetero) is 1. The third kappa shape index (κ3) is 3.26. The number of nitrogens with zero attached hydrogens (tertiary/aromatic N) is 3. The highest BCUT2D eigenvalue weighted by Gasteiger charge is 2.18. The molecule has 0 amide bonds. The second kappa shape index (κ2) is 6.80. The molecule has 1 aromatic carbocycles. The van der Waals surface area contributed by atoms with Gasteiger partial charge in [0.25, 0.3) is 5.89 Å². The van der Waals surface area contributed by atoms with Crippen LogP contribution in [0.2, 0.25) is 0 Å². The number of carbonyl (C=O) groups is 1. The van der Waals surface area contributed by atoms with Crippen molar-refractivity contribution in [3.8, 4) is 22.8 Å². The summed E-state index contributed by atoms with van der Waals surface area (Å²) in [6.45, 7) is 3.46. The van der Waals surface area contributed by atoms with E-state index in [0.29, 0.717) is 22.8 Å². The fourth-order valence-electron chi connectivity index (χ4n) is 2.39. The van der Waals surface area contributed by atoms with Crippen LogP contribution in [-0.2, 0) is 0 Å². The van der Waals surface area contributed by atoms with Crippen LogP contribution in [0.4, 0.5) is 10.2 Å². The normalized spacial score (nSPS) is 10.9. The molecular weight excluding hydrogens is 323 g/mol. The van der Waals surface area contributed by atoms with Crippen molar-refractivity contribution in [3.63, 3.8) is 0 Å². The van der Waals surface area contributed by atoms with Crippen LogP contribution in [0.5, 0.6) is 0 Å². The highest BCUT2D eigenvalue weighted by molar-refractivity contribution is 5.98. The molecule has 0 atom stereocenters. The first-order valence-electron chi connectivity index (χ1n) is 7.82. The largest absolute Gasteiger partial charge is 0.373 e. The number of rotatable bonds is 5. The molecule has 1 N–H and O–H groups in total. The lowest BCUT2D eigenvalue weighted by molar-refractivity contribution is 0.0935. The maximum Gasteiger partial charge on any atom is 0.258 e. The Labute approximate surface area is 144 Å². The Hall–Kier alpha value is -3.09. The Morgan fingerprint density at radius 3 is 2.76 bits per heavy atom. The third-order valence-electron chi connectivity index (χ3n) is 3.72. The highest BCUT2D eigenvalue weighted by atomic mass is 19.1. The summed E-state index contributed by atoms with van der Waals surface area (Å²) in [6.07, 6.45) is 1.65. The lowest BCUT2D eigenvalue weighted by Crippen LogP contribution is -2.09. The fraction of sp³-hybridized carbons (Fsp3) is 0.222. The molecule has 0 unspecified atom stereocenters. The van der Waals surface area contributed by atoms with E-state index in [9.17, 15) is 9.18 Å². The van der Waals surface area contributed by atoms with E-state index >= 15 is 0 Å². The maximum absolute atomic E-state index is 14.3. The van der Waals surface area contributed by atoms with Crippen LogP contribution in [-0.4, -0.2) is 28.0 Å². The number of carbonyl (C=O) groups excluding carboxylic acids is 1. The average molecular weight is 340 g/mol. The summed E-state index contributed by atoms with van der Waals surface area (Å²) < 4.78 is 19.5. The molecule has 0 bridgehead atoms. The van der Waals surface area contributed by atoms with Gasteiger partial charge in [-0.15, -0.1) is 0 Å². The molecule has 0 aliphatic carbocycles. The monoisotopic (exact) mass is 340 g/mol. The van der Waals surface area contributed by atoms with Crippen molar-refractivity contribution in [3.05, 3.63) is 47.9 Å². The van der Waals surface area contributed by atoms with Gasteiger partial charge in [-0.1, -0.05) is 19.0 Å². The quantitative estimate of drug-likeness (QED) is 0.711. The van der Waals surface area contributed by atoms with E-state index in [1.165, 1.54) is 12.1 Å². The van der Waals surface area contributed by atoms with E-state index in [0.717, 1.165) is 0 Å². The van der Waals surface area contributed by atoms with Crippen molar-refractivity contribution in [1.29, 1.82) is 0 Å². The first-order valence-corrected chi connectivity index (χ1v) is 7.82. The molecule has 25 heavy (non-hydrogen) atoms. The standard InChI is InChI=1S/C18H17FN4O2/c1-10(2)15(24)12-7-6-11(9-14(12)19)18-22-17(23-25-18)13-5-4-8-21-16(13)20-3/h4-10H,1-3H3,(H,20,21). The minimum Gasteiger partial charge on any atom is -0.373 e. The van der Waals surface area contributed by atoms with Crippen molar-refractivity contribution in [2.75, 3.05) is 12.4 Å². The third-order valence-corrected chi connectivity index (χ3v) is 3.72. The van der Waals surface area contributed by atoms with Gasteiger partial charge in [-0.3, -0.25) is 4.79 Å². The molecule has 6 nitrogen and oxygen atoms in total. The summed E-state index contributed by atoms with van der Waals surface area (Å²) in [5.41, 5.74) is 1.14. The van der Waals surface area contributed by atoms with Crippen LogP contribution in [0.3, 0.4) is 0 Å². The molecule has 3 aromatic rings. The summed E-state index contributed by atoms with van der Waals surface area (Å²) in [5, 5.41) is 6.88. The molecule has 2 heterocycles. The van der Waals surface area contributed by atoms with Gasteiger partial charge in [0, 0.05) is 24.7 Å². The van der Waals surface area contributed by atoms with E-state index in [1.54, 1.807) is 45.3 Å². The topological polar surface area (TPSA) is 80.9 Å². The molecule has 0 spiro atoms. The van der Waals surface area contributed by atoms with Crippen LogP contribution in [0, 0.1) is 11.7 Å². The van der Waals surface area contributed by atoms with Gasteiger partial charge in [-0.05, 0) is 30.3 Å². The zero-order valence-corrected chi connectivity index (χ0v) is 14.1. The molecule has 0 saturated heterocycles. The summed E-state index contributed by atoms with van der Waals surface area (Å²) in [7, 11) is 1.74. The van der Waals surface area contributed by atoms with Gasteiger partial charge in [-0.25, -0.2) is 9.37 Å². The number of pyridine rings is 1. The maximum atomic E-state index is 14.3. The molecule has 0 aliphatic heterocycles. The number of anilines is 1. The van der Waals surface area contributed by atoms with Gasteiger partial charge in [0.1, 0.15) is 11.6 Å². The van der Waals surface area contributed by atoms with E-state index < -0.39 is 5.82 Å². The number of nitrogens with one attached hydrogen (secondary N) is 1. The Balaban J connectivity index is 1.95. The van der Waals surface area contributed by atoms with E-state index in [4.69, 9.17) is 4.52 Å². The van der Waals surface area contributed by atoms with Gasteiger partial charge < -0.3 is 9.84 Å². The summed E-state index contributed by atoms with van der Waals surface area (Å²) in [4.78, 5) is 20.5. The lowest BCUT2D eigenvalue weighted by atomic mass is 9.99. The van der Waals surface area contributed by atoms with E-state index in [-0.39, 0.29) is 23.2 Å². The number of hydrogen-bond donors (Lipinski definition) is 1. The van der Waals surface area contributed by atoms with Gasteiger partial charge >= 0.3 is 0 Å². The Bertz CT molecular complexity index is 921. The molecule has 3 rings (SSSR count). The van der Waals surface area contributed by atoms with Crippen LogP contribution in [0.1, 0.15) is 24.2 Å². The molecule has 0 fully saturated rings. The van der Waals surface area contributed by atoms with E-state index in [2.05, 4.69) is 20.4 Å². The van der Waals surface area contributed by atoms with Crippen molar-refractivity contribution < 1.29 is 13.7 Å². The molecular formula is C18H17FN4O2. The Morgan fingerprint density at radius 2 is 2.08 bits per heavy atom. The molecule has 7 heteroatoms. The van der Waals surface area contributed by atoms with Crippen LogP contribution in [0.15, 0.2) is 41.1 Å². The van der Waals surface area contributed by atoms with Crippen LogP contribution >= 0.6 is 0 Å². The minimum absolute atomic E-state index is 0.0585. The zero-order valence-electron chi connectivity index (χ0n) is 14.1. The SMILES string of the molecule is CNc1ncccc1-c1noc(-c2ccc(C(=O)C(C)C)c(F)c2)n1. The van der Waals surface area contributed by atoms with Gasteiger partial charge in [-0.2, -0.15) is 4.98 Å². The van der Waals surface area contributed by atoms with E-state index in [1.807, 2.05) is 0 Å². The predicted octanol–water partition coefficient (Wildman–Crippen LogP) is 3.82. The average Bonchev–Trinajstić information content (AvgIpc) is 3.10. The minimum atomic E-state index is -0.603. The molecule has 2 aromatic heterocycles. The summed E-state index contributed by atoms with van der Waals surface area (Å²) in [6, 6.07) is 7.84. The summed E-state index contributed by atoms with van der Waals surface area (Å²) >= 11 is 0. The van der Waals surface area contributed by atoms with Gasteiger partial charge in [0.2, 0.25) is 5.82 Å². The van der Waals surface area contributed by atoms with Gasteiger partial charge in [0.15, 0.2) is 5.78 Å². The fourth-order valence-corrected chi connectivity index (χ4v) is 2.39. The number of aromatic nitrogens is 3. The van der Waals surface area contributed by atoms with Crippen molar-refractivity contribution in [1.82, 2.24) is 15.1 Å². The number of benzene rings is 1. The second-order valence-corrected chi connectivity index (χ2v) is 5.79. The van der Waals surface area contributed by atoms with Crippen molar-refractivity contribution >= 4 is 11.6 Å². The Kier molecular flexibility index (Phi) is 4.56. The summed E-state index contributed by atoms with van der Waals surface area (Å²) in [5.74, 6) is -0.00381. The highest BCUT2D eigenvalue weighted by Crippen LogP contribution is 2.27. The van der Waals surface area contributed by atoms with Crippen molar-refractivity contribution in [2.24, 2.45) is 5.92 Å². The smallest absolute Gasteiger partial charge is 0.258 e. The molecule has 0 saturated carbocycles. The lowest BCUT2D eigenvalue weighted by Gasteiger charge is -2.06. The Morgan fingerprint density at radius 1 is 1.28 bits per heavy atom.